The van der Waals surface area contributed by atoms with Crippen molar-refractivity contribution in [1.82, 2.24) is 9.88 Å². The van der Waals surface area contributed by atoms with Gasteiger partial charge in [0.25, 0.3) is 5.91 Å². The Balaban J connectivity index is 1.42. The highest BCUT2D eigenvalue weighted by Gasteiger charge is 2.16. The largest absolute Gasteiger partial charge is 0.451 e. The zero-order valence-electron chi connectivity index (χ0n) is 13.0. The van der Waals surface area contributed by atoms with E-state index in [0.717, 1.165) is 43.9 Å². The van der Waals surface area contributed by atoms with Gasteiger partial charge >= 0.3 is 0 Å². The normalized spacial score (nSPS) is 15.7. The van der Waals surface area contributed by atoms with Crippen LogP contribution in [0.15, 0.2) is 40.1 Å². The van der Waals surface area contributed by atoms with Gasteiger partial charge in [0.05, 0.1) is 18.9 Å². The Morgan fingerprint density at radius 3 is 2.96 bits per heavy atom. The number of hydrogen-bond donors (Lipinski definition) is 1. The third-order valence-corrected chi connectivity index (χ3v) is 4.72. The number of aromatic nitrogens is 1. The summed E-state index contributed by atoms with van der Waals surface area (Å²) in [6.45, 7) is 4.14. The second-order valence-electron chi connectivity index (χ2n) is 5.64. The van der Waals surface area contributed by atoms with Crippen molar-refractivity contribution < 1.29 is 13.9 Å². The Kier molecular flexibility index (Phi) is 4.29. The van der Waals surface area contributed by atoms with Gasteiger partial charge < -0.3 is 9.15 Å². The number of furan rings is 1. The van der Waals surface area contributed by atoms with Gasteiger partial charge in [-0.3, -0.25) is 15.0 Å². The van der Waals surface area contributed by atoms with Gasteiger partial charge in [-0.2, -0.15) is 0 Å². The van der Waals surface area contributed by atoms with E-state index in [1.165, 1.54) is 11.3 Å². The molecule has 24 heavy (non-hydrogen) atoms. The molecule has 124 valence electrons. The number of benzene rings is 1. The SMILES string of the molecule is O=C(Nc1nc(CN2CCOCC2)cs1)c1cc2ccccc2o1. The lowest BCUT2D eigenvalue weighted by Crippen LogP contribution is -2.35. The first kappa shape index (κ1) is 15.3. The molecule has 4 rings (SSSR count). The quantitative estimate of drug-likeness (QED) is 0.789. The van der Waals surface area contributed by atoms with E-state index in [4.69, 9.17) is 9.15 Å². The highest BCUT2D eigenvalue weighted by molar-refractivity contribution is 7.13. The average molecular weight is 343 g/mol. The molecule has 0 radical (unpaired) electrons. The van der Waals surface area contributed by atoms with Crippen LogP contribution in [0.3, 0.4) is 0 Å². The molecule has 0 atom stereocenters. The minimum Gasteiger partial charge on any atom is -0.451 e. The lowest BCUT2D eigenvalue weighted by molar-refractivity contribution is 0.0337. The molecule has 1 aliphatic rings. The van der Waals surface area contributed by atoms with E-state index in [2.05, 4.69) is 15.2 Å². The van der Waals surface area contributed by atoms with Gasteiger partial charge in [-0.05, 0) is 12.1 Å². The maximum Gasteiger partial charge on any atom is 0.293 e. The molecular formula is C17H17N3O3S. The van der Waals surface area contributed by atoms with Crippen LogP contribution in [-0.2, 0) is 11.3 Å². The van der Waals surface area contributed by atoms with E-state index < -0.39 is 0 Å². The van der Waals surface area contributed by atoms with Crippen LogP contribution in [-0.4, -0.2) is 42.1 Å². The number of amides is 1. The fraction of sp³-hybridized carbons (Fsp3) is 0.294. The highest BCUT2D eigenvalue weighted by Crippen LogP contribution is 2.22. The Labute approximate surface area is 143 Å². The lowest BCUT2D eigenvalue weighted by atomic mass is 10.2. The maximum absolute atomic E-state index is 12.3. The smallest absolute Gasteiger partial charge is 0.293 e. The molecule has 0 bridgehead atoms. The fourth-order valence-corrected chi connectivity index (χ4v) is 3.37. The van der Waals surface area contributed by atoms with Gasteiger partial charge in [-0.25, -0.2) is 4.98 Å². The van der Waals surface area contributed by atoms with E-state index in [-0.39, 0.29) is 5.91 Å². The summed E-state index contributed by atoms with van der Waals surface area (Å²) in [5, 5.41) is 6.28. The number of nitrogens with zero attached hydrogens (tertiary/aromatic N) is 2. The first-order valence-electron chi connectivity index (χ1n) is 7.82. The Hall–Kier alpha value is -2.22. The molecule has 0 unspecified atom stereocenters. The first-order valence-corrected chi connectivity index (χ1v) is 8.70. The predicted octanol–water partition coefficient (Wildman–Crippen LogP) is 2.97. The number of morpholine rings is 1. The molecule has 1 amide bonds. The van der Waals surface area contributed by atoms with Crippen molar-refractivity contribution in [2.24, 2.45) is 0 Å². The fourth-order valence-electron chi connectivity index (χ4n) is 2.68. The minimum atomic E-state index is -0.279. The van der Waals surface area contributed by atoms with Crippen molar-refractivity contribution in [2.45, 2.75) is 6.54 Å². The summed E-state index contributed by atoms with van der Waals surface area (Å²) in [5.41, 5.74) is 1.66. The van der Waals surface area contributed by atoms with Crippen molar-refractivity contribution in [2.75, 3.05) is 31.6 Å². The molecule has 6 nitrogen and oxygen atoms in total. The summed E-state index contributed by atoms with van der Waals surface area (Å²) in [7, 11) is 0. The number of carbonyl (C=O) groups excluding carboxylic acids is 1. The summed E-state index contributed by atoms with van der Waals surface area (Å²) < 4.78 is 10.9. The lowest BCUT2D eigenvalue weighted by Gasteiger charge is -2.25. The molecule has 1 saturated heterocycles. The van der Waals surface area contributed by atoms with Crippen LogP contribution in [0.25, 0.3) is 11.0 Å². The molecule has 2 aromatic heterocycles. The molecule has 3 heterocycles. The third kappa shape index (κ3) is 3.33. The van der Waals surface area contributed by atoms with Gasteiger partial charge in [0.2, 0.25) is 0 Å². The zero-order valence-corrected chi connectivity index (χ0v) is 13.8. The number of rotatable bonds is 4. The number of hydrogen-bond acceptors (Lipinski definition) is 6. The van der Waals surface area contributed by atoms with Crippen molar-refractivity contribution in [3.63, 3.8) is 0 Å². The van der Waals surface area contributed by atoms with Gasteiger partial charge in [-0.1, -0.05) is 18.2 Å². The standard InChI is InChI=1S/C17H17N3O3S/c21-16(15-9-12-3-1-2-4-14(12)23-15)19-17-18-13(11-24-17)10-20-5-7-22-8-6-20/h1-4,9,11H,5-8,10H2,(H,18,19,21). The van der Waals surface area contributed by atoms with Crippen molar-refractivity contribution in [3.8, 4) is 0 Å². The van der Waals surface area contributed by atoms with E-state index in [1.54, 1.807) is 6.07 Å². The van der Waals surface area contributed by atoms with E-state index >= 15 is 0 Å². The Morgan fingerprint density at radius 1 is 1.29 bits per heavy atom. The Bertz CT molecular complexity index is 819. The summed E-state index contributed by atoms with van der Waals surface area (Å²) in [6.07, 6.45) is 0. The number of anilines is 1. The molecule has 1 fully saturated rings. The summed E-state index contributed by atoms with van der Waals surface area (Å²) in [6, 6.07) is 9.30. The average Bonchev–Trinajstić information content (AvgIpc) is 3.22. The van der Waals surface area contributed by atoms with Crippen LogP contribution < -0.4 is 5.32 Å². The van der Waals surface area contributed by atoms with Gasteiger partial charge in [0.1, 0.15) is 5.58 Å². The van der Waals surface area contributed by atoms with Crippen LogP contribution in [0.4, 0.5) is 5.13 Å². The van der Waals surface area contributed by atoms with Crippen LogP contribution in [0.5, 0.6) is 0 Å². The van der Waals surface area contributed by atoms with Crippen LogP contribution in [0.1, 0.15) is 16.2 Å². The molecule has 0 spiro atoms. The number of ether oxygens (including phenoxy) is 1. The number of carbonyl (C=O) groups is 1. The van der Waals surface area contributed by atoms with Gasteiger partial charge in [0.15, 0.2) is 10.9 Å². The monoisotopic (exact) mass is 343 g/mol. The molecule has 0 aliphatic carbocycles. The molecule has 0 saturated carbocycles. The maximum atomic E-state index is 12.3. The van der Waals surface area contributed by atoms with Gasteiger partial charge in [-0.15, -0.1) is 11.3 Å². The predicted molar refractivity (Wildman–Crippen MR) is 92.4 cm³/mol. The van der Waals surface area contributed by atoms with E-state index in [1.807, 2.05) is 29.6 Å². The molecule has 3 aromatic rings. The molecular weight excluding hydrogens is 326 g/mol. The summed E-state index contributed by atoms with van der Waals surface area (Å²) in [4.78, 5) is 19.1. The summed E-state index contributed by atoms with van der Waals surface area (Å²) in [5.74, 6) is 0.0135. The molecule has 1 N–H and O–H groups in total. The van der Waals surface area contributed by atoms with E-state index in [9.17, 15) is 4.79 Å². The van der Waals surface area contributed by atoms with E-state index in [0.29, 0.717) is 16.5 Å². The number of nitrogens with one attached hydrogen (secondary N) is 1. The minimum absolute atomic E-state index is 0.279. The first-order chi connectivity index (χ1) is 11.8. The van der Waals surface area contributed by atoms with Crippen molar-refractivity contribution >= 4 is 33.3 Å². The third-order valence-electron chi connectivity index (χ3n) is 3.91. The molecule has 7 heteroatoms. The zero-order chi connectivity index (χ0) is 16.4. The number of fused-ring (bicyclic) bond motifs is 1. The number of thiazole rings is 1. The topological polar surface area (TPSA) is 67.6 Å². The van der Waals surface area contributed by atoms with Crippen molar-refractivity contribution in [3.05, 3.63) is 47.2 Å². The van der Waals surface area contributed by atoms with Crippen LogP contribution in [0, 0.1) is 0 Å². The summed E-state index contributed by atoms with van der Waals surface area (Å²) >= 11 is 1.43. The molecule has 1 aromatic carbocycles. The number of para-hydroxylation sites is 1. The second kappa shape index (κ2) is 6.72. The highest BCUT2D eigenvalue weighted by atomic mass is 32.1. The van der Waals surface area contributed by atoms with Crippen molar-refractivity contribution in [1.29, 1.82) is 0 Å². The second-order valence-corrected chi connectivity index (χ2v) is 6.49. The van der Waals surface area contributed by atoms with Crippen LogP contribution in [0.2, 0.25) is 0 Å². The molecule has 1 aliphatic heterocycles. The Morgan fingerprint density at radius 2 is 2.12 bits per heavy atom. The van der Waals surface area contributed by atoms with Gasteiger partial charge in [0, 0.05) is 30.4 Å². The van der Waals surface area contributed by atoms with Crippen LogP contribution >= 0.6 is 11.3 Å².